The van der Waals surface area contributed by atoms with Crippen LogP contribution in [-0.4, -0.2) is 5.78 Å². The van der Waals surface area contributed by atoms with Crippen molar-refractivity contribution in [3.8, 4) is 0 Å². The molecule has 1 nitrogen and oxygen atoms in total. The summed E-state index contributed by atoms with van der Waals surface area (Å²) in [5, 5.41) is 0. The molecule has 0 aliphatic heterocycles. The van der Waals surface area contributed by atoms with E-state index in [0.717, 1.165) is 11.1 Å². The van der Waals surface area contributed by atoms with Gasteiger partial charge in [0.1, 0.15) is 5.82 Å². The van der Waals surface area contributed by atoms with Crippen molar-refractivity contribution in [1.82, 2.24) is 0 Å². The summed E-state index contributed by atoms with van der Waals surface area (Å²) in [5.74, 6) is -0.575. The highest BCUT2D eigenvalue weighted by atomic mass is 79.9. The molecule has 92 valence electrons. The number of aryl methyl sites for hydroxylation is 2. The predicted molar refractivity (Wildman–Crippen MR) is 73.4 cm³/mol. The maximum Gasteiger partial charge on any atom is 0.193 e. The summed E-state index contributed by atoms with van der Waals surface area (Å²) >= 11 is 3.07. The molecule has 0 radical (unpaired) electrons. The third kappa shape index (κ3) is 2.51. The molecule has 0 aliphatic rings. The molecule has 0 unspecified atom stereocenters. The Morgan fingerprint density at radius 2 is 1.83 bits per heavy atom. The molecule has 0 amide bonds. The minimum absolute atomic E-state index is 0.150. The standard InChI is InChI=1S/C15H12BrFO/c1-9-3-4-10(2)12(7-9)15(18)11-5-6-13(16)14(17)8-11/h3-8H,1-2H3. The summed E-state index contributed by atoms with van der Waals surface area (Å²) in [6.45, 7) is 3.81. The first-order valence-corrected chi connectivity index (χ1v) is 6.35. The fourth-order valence-electron chi connectivity index (χ4n) is 1.77. The Morgan fingerprint density at radius 3 is 2.50 bits per heavy atom. The SMILES string of the molecule is Cc1ccc(C)c(C(=O)c2ccc(Br)c(F)c2)c1. The average molecular weight is 307 g/mol. The van der Waals surface area contributed by atoms with E-state index in [9.17, 15) is 9.18 Å². The van der Waals surface area contributed by atoms with Gasteiger partial charge in [-0.15, -0.1) is 0 Å². The number of carbonyl (C=O) groups is 1. The van der Waals surface area contributed by atoms with Crippen LogP contribution in [0.4, 0.5) is 4.39 Å². The van der Waals surface area contributed by atoms with Crippen LogP contribution in [0.1, 0.15) is 27.0 Å². The van der Waals surface area contributed by atoms with Gasteiger partial charge in [0.2, 0.25) is 0 Å². The lowest BCUT2D eigenvalue weighted by Crippen LogP contribution is -2.04. The summed E-state index contributed by atoms with van der Waals surface area (Å²) in [6, 6.07) is 10.1. The molecule has 0 N–H and O–H groups in total. The van der Waals surface area contributed by atoms with Crippen LogP contribution in [0.15, 0.2) is 40.9 Å². The lowest BCUT2D eigenvalue weighted by Gasteiger charge is -2.07. The van der Waals surface area contributed by atoms with Crippen LogP contribution in [0, 0.1) is 19.7 Å². The van der Waals surface area contributed by atoms with Crippen LogP contribution in [0.2, 0.25) is 0 Å². The minimum atomic E-state index is -0.425. The molecule has 2 aromatic carbocycles. The fourth-order valence-corrected chi connectivity index (χ4v) is 2.02. The lowest BCUT2D eigenvalue weighted by molar-refractivity contribution is 0.103. The van der Waals surface area contributed by atoms with Gasteiger partial charge in [0.05, 0.1) is 4.47 Å². The maximum absolute atomic E-state index is 13.4. The van der Waals surface area contributed by atoms with Crippen LogP contribution in [0.3, 0.4) is 0 Å². The van der Waals surface area contributed by atoms with Gasteiger partial charge in [0.15, 0.2) is 5.78 Å². The predicted octanol–water partition coefficient (Wildman–Crippen LogP) is 4.44. The zero-order valence-corrected chi connectivity index (χ0v) is 11.7. The van der Waals surface area contributed by atoms with E-state index in [4.69, 9.17) is 0 Å². The van der Waals surface area contributed by atoms with E-state index < -0.39 is 5.82 Å². The number of hydrogen-bond acceptors (Lipinski definition) is 1. The summed E-state index contributed by atoms with van der Waals surface area (Å²) in [5.41, 5.74) is 2.90. The second-order valence-corrected chi connectivity index (χ2v) is 5.13. The van der Waals surface area contributed by atoms with E-state index >= 15 is 0 Å². The van der Waals surface area contributed by atoms with E-state index in [1.165, 1.54) is 6.07 Å². The third-order valence-electron chi connectivity index (χ3n) is 2.82. The Hall–Kier alpha value is -1.48. The van der Waals surface area contributed by atoms with E-state index in [-0.39, 0.29) is 5.78 Å². The molecular formula is C15H12BrFO. The van der Waals surface area contributed by atoms with Gasteiger partial charge in [-0.25, -0.2) is 4.39 Å². The largest absolute Gasteiger partial charge is 0.289 e. The molecule has 18 heavy (non-hydrogen) atoms. The first-order chi connectivity index (χ1) is 8.49. The molecule has 0 aliphatic carbocycles. The number of ketones is 1. The van der Waals surface area contributed by atoms with Crippen molar-refractivity contribution in [2.45, 2.75) is 13.8 Å². The van der Waals surface area contributed by atoms with E-state index in [2.05, 4.69) is 15.9 Å². The highest BCUT2D eigenvalue weighted by Gasteiger charge is 2.13. The zero-order chi connectivity index (χ0) is 13.3. The van der Waals surface area contributed by atoms with Gasteiger partial charge >= 0.3 is 0 Å². The quantitative estimate of drug-likeness (QED) is 0.750. The van der Waals surface area contributed by atoms with Crippen LogP contribution < -0.4 is 0 Å². The highest BCUT2D eigenvalue weighted by molar-refractivity contribution is 9.10. The summed E-state index contributed by atoms with van der Waals surface area (Å²) in [4.78, 5) is 12.3. The van der Waals surface area contributed by atoms with E-state index in [1.54, 1.807) is 12.1 Å². The van der Waals surface area contributed by atoms with Gasteiger partial charge < -0.3 is 0 Å². The lowest BCUT2D eigenvalue weighted by atomic mass is 9.97. The summed E-state index contributed by atoms with van der Waals surface area (Å²) in [6.07, 6.45) is 0. The van der Waals surface area contributed by atoms with Gasteiger partial charge in [-0.2, -0.15) is 0 Å². The second kappa shape index (κ2) is 5.02. The molecule has 0 aromatic heterocycles. The molecule has 2 rings (SSSR count). The van der Waals surface area contributed by atoms with Crippen molar-refractivity contribution >= 4 is 21.7 Å². The zero-order valence-electron chi connectivity index (χ0n) is 10.1. The molecular weight excluding hydrogens is 295 g/mol. The van der Waals surface area contributed by atoms with E-state index in [0.29, 0.717) is 15.6 Å². The van der Waals surface area contributed by atoms with Crippen LogP contribution >= 0.6 is 15.9 Å². The molecule has 3 heteroatoms. The Labute approximate surface area is 114 Å². The monoisotopic (exact) mass is 306 g/mol. The first kappa shape index (κ1) is 13.0. The Morgan fingerprint density at radius 1 is 1.11 bits per heavy atom. The van der Waals surface area contributed by atoms with Gasteiger partial charge in [0, 0.05) is 11.1 Å². The number of rotatable bonds is 2. The smallest absolute Gasteiger partial charge is 0.193 e. The number of hydrogen-bond donors (Lipinski definition) is 0. The van der Waals surface area contributed by atoms with Crippen molar-refractivity contribution in [2.75, 3.05) is 0 Å². The molecule has 0 saturated carbocycles. The average Bonchev–Trinajstić information content (AvgIpc) is 2.35. The van der Waals surface area contributed by atoms with Crippen molar-refractivity contribution in [2.24, 2.45) is 0 Å². The molecule has 0 bridgehead atoms. The van der Waals surface area contributed by atoms with Crippen LogP contribution in [0.25, 0.3) is 0 Å². The summed E-state index contributed by atoms with van der Waals surface area (Å²) < 4.78 is 13.8. The number of halogens is 2. The molecule has 0 atom stereocenters. The number of benzene rings is 2. The van der Waals surface area contributed by atoms with Crippen LogP contribution in [-0.2, 0) is 0 Å². The second-order valence-electron chi connectivity index (χ2n) is 4.28. The maximum atomic E-state index is 13.4. The van der Waals surface area contributed by atoms with Gasteiger partial charge in [-0.1, -0.05) is 17.7 Å². The Bertz CT molecular complexity index is 620. The highest BCUT2D eigenvalue weighted by Crippen LogP contribution is 2.20. The van der Waals surface area contributed by atoms with Gasteiger partial charge in [-0.05, 0) is 59.6 Å². The van der Waals surface area contributed by atoms with Crippen molar-refractivity contribution in [1.29, 1.82) is 0 Å². The molecule has 0 spiro atoms. The minimum Gasteiger partial charge on any atom is -0.289 e. The molecule has 0 heterocycles. The summed E-state index contributed by atoms with van der Waals surface area (Å²) in [7, 11) is 0. The fraction of sp³-hybridized carbons (Fsp3) is 0.133. The van der Waals surface area contributed by atoms with Crippen molar-refractivity contribution in [3.05, 3.63) is 68.9 Å². The Kier molecular flexibility index (Phi) is 3.62. The topological polar surface area (TPSA) is 17.1 Å². The van der Waals surface area contributed by atoms with Gasteiger partial charge in [0.25, 0.3) is 0 Å². The normalized spacial score (nSPS) is 10.4. The Balaban J connectivity index is 2.47. The third-order valence-corrected chi connectivity index (χ3v) is 3.46. The van der Waals surface area contributed by atoms with Crippen LogP contribution in [0.5, 0.6) is 0 Å². The van der Waals surface area contributed by atoms with Gasteiger partial charge in [-0.3, -0.25) is 4.79 Å². The van der Waals surface area contributed by atoms with Crippen molar-refractivity contribution in [3.63, 3.8) is 0 Å². The first-order valence-electron chi connectivity index (χ1n) is 5.56. The van der Waals surface area contributed by atoms with E-state index in [1.807, 2.05) is 32.0 Å². The molecule has 0 fully saturated rings. The number of carbonyl (C=O) groups excluding carboxylic acids is 1. The molecule has 0 saturated heterocycles. The van der Waals surface area contributed by atoms with Crippen molar-refractivity contribution < 1.29 is 9.18 Å². The molecule has 2 aromatic rings.